The van der Waals surface area contributed by atoms with E-state index in [4.69, 9.17) is 9.47 Å². The molecule has 0 aliphatic carbocycles. The van der Waals surface area contributed by atoms with Crippen molar-refractivity contribution in [3.05, 3.63) is 63.7 Å². The zero-order valence-corrected chi connectivity index (χ0v) is 15.1. The molecule has 8 nitrogen and oxygen atoms in total. The molecule has 2 rings (SSSR count). The van der Waals surface area contributed by atoms with Gasteiger partial charge in [0.2, 0.25) is 5.78 Å². The maximum absolute atomic E-state index is 12.5. The Labute approximate surface area is 155 Å². The monoisotopic (exact) mass is 373 g/mol. The number of nitrogens with zero attached hydrogens (tertiary/aromatic N) is 1. The van der Waals surface area contributed by atoms with Crippen molar-refractivity contribution in [3.8, 4) is 11.5 Å². The van der Waals surface area contributed by atoms with E-state index in [1.807, 2.05) is 6.92 Å². The molecule has 1 atom stereocenters. The van der Waals surface area contributed by atoms with Crippen LogP contribution in [-0.2, 0) is 4.74 Å². The quantitative estimate of drug-likeness (QED) is 0.302. The summed E-state index contributed by atoms with van der Waals surface area (Å²) >= 11 is 0. The topological polar surface area (TPSA) is 105 Å². The van der Waals surface area contributed by atoms with Crippen molar-refractivity contribution in [2.75, 3.05) is 13.7 Å². The van der Waals surface area contributed by atoms with Gasteiger partial charge in [-0.05, 0) is 50.2 Å². The van der Waals surface area contributed by atoms with Gasteiger partial charge in [0.25, 0.3) is 0 Å². The summed E-state index contributed by atoms with van der Waals surface area (Å²) in [5, 5.41) is 11.3. The maximum Gasteiger partial charge on any atom is 0.338 e. The van der Waals surface area contributed by atoms with Crippen LogP contribution in [0.15, 0.2) is 42.5 Å². The molecule has 0 N–H and O–H groups in total. The van der Waals surface area contributed by atoms with Crippen LogP contribution >= 0.6 is 0 Å². The molecule has 0 fully saturated rings. The summed E-state index contributed by atoms with van der Waals surface area (Å²) < 4.78 is 15.4. The number of hydrogen-bond donors (Lipinski definition) is 0. The second kappa shape index (κ2) is 8.79. The van der Waals surface area contributed by atoms with Gasteiger partial charge in [-0.15, -0.1) is 0 Å². The lowest BCUT2D eigenvalue weighted by molar-refractivity contribution is -0.386. The van der Waals surface area contributed by atoms with Gasteiger partial charge in [-0.3, -0.25) is 14.9 Å². The van der Waals surface area contributed by atoms with E-state index >= 15 is 0 Å². The number of carbonyl (C=O) groups excluding carboxylic acids is 2. The molecule has 2 aromatic rings. The highest BCUT2D eigenvalue weighted by atomic mass is 16.6. The number of Topliss-reactive ketones (excluding diaryl/α,β-unsaturated/α-hetero) is 1. The summed E-state index contributed by atoms with van der Waals surface area (Å²) in [7, 11) is 1.18. The Bertz CT molecular complexity index is 846. The number of esters is 1. The molecule has 0 spiro atoms. The molecule has 8 heteroatoms. The van der Waals surface area contributed by atoms with E-state index < -0.39 is 22.7 Å². The Hall–Kier alpha value is -3.42. The minimum atomic E-state index is -0.967. The van der Waals surface area contributed by atoms with Gasteiger partial charge < -0.3 is 14.2 Å². The number of rotatable bonds is 8. The van der Waals surface area contributed by atoms with Crippen LogP contribution in [0.2, 0.25) is 0 Å². The van der Waals surface area contributed by atoms with Gasteiger partial charge in [0.05, 0.1) is 24.2 Å². The summed E-state index contributed by atoms with van der Waals surface area (Å²) in [6.07, 6.45) is -0.967. The Kier molecular flexibility index (Phi) is 6.48. The average Bonchev–Trinajstić information content (AvgIpc) is 2.67. The third-order valence-corrected chi connectivity index (χ3v) is 3.70. The number of benzene rings is 2. The molecule has 27 heavy (non-hydrogen) atoms. The fraction of sp³-hybridized carbons (Fsp3) is 0.263. The normalized spacial score (nSPS) is 11.4. The zero-order valence-electron chi connectivity index (χ0n) is 15.1. The molecule has 2 aromatic carbocycles. The highest BCUT2D eigenvalue weighted by molar-refractivity contribution is 5.99. The third-order valence-electron chi connectivity index (χ3n) is 3.70. The third kappa shape index (κ3) is 4.81. The van der Waals surface area contributed by atoms with E-state index in [0.717, 1.165) is 6.07 Å². The van der Waals surface area contributed by atoms with Crippen molar-refractivity contribution >= 4 is 17.4 Å². The van der Waals surface area contributed by atoms with Crippen molar-refractivity contribution in [2.45, 2.75) is 20.0 Å². The first-order chi connectivity index (χ1) is 12.9. The van der Waals surface area contributed by atoms with Crippen molar-refractivity contribution in [2.24, 2.45) is 0 Å². The molecule has 0 radical (unpaired) electrons. The van der Waals surface area contributed by atoms with Crippen LogP contribution < -0.4 is 9.47 Å². The number of hydrogen-bond acceptors (Lipinski definition) is 7. The van der Waals surface area contributed by atoms with Gasteiger partial charge in [0, 0.05) is 11.6 Å². The zero-order chi connectivity index (χ0) is 20.0. The van der Waals surface area contributed by atoms with E-state index in [0.29, 0.717) is 17.9 Å². The van der Waals surface area contributed by atoms with Crippen LogP contribution in [-0.4, -0.2) is 36.5 Å². The lowest BCUT2D eigenvalue weighted by atomic mass is 10.1. The van der Waals surface area contributed by atoms with Gasteiger partial charge in [-0.25, -0.2) is 4.79 Å². The van der Waals surface area contributed by atoms with Crippen LogP contribution in [0, 0.1) is 10.1 Å². The lowest BCUT2D eigenvalue weighted by Gasteiger charge is -2.14. The predicted molar refractivity (Wildman–Crippen MR) is 96.5 cm³/mol. The van der Waals surface area contributed by atoms with Gasteiger partial charge in [0.15, 0.2) is 11.9 Å². The fourth-order valence-corrected chi connectivity index (χ4v) is 2.37. The molecule has 0 aliphatic rings. The predicted octanol–water partition coefficient (Wildman–Crippen LogP) is 3.43. The smallest absolute Gasteiger partial charge is 0.338 e. The largest absolute Gasteiger partial charge is 0.494 e. The van der Waals surface area contributed by atoms with E-state index in [1.165, 1.54) is 26.2 Å². The second-order valence-corrected chi connectivity index (χ2v) is 5.51. The minimum absolute atomic E-state index is 0.0158. The molecule has 0 saturated carbocycles. The molecule has 0 amide bonds. The van der Waals surface area contributed by atoms with Gasteiger partial charge in [-0.2, -0.15) is 0 Å². The van der Waals surface area contributed by atoms with Crippen LogP contribution in [0.1, 0.15) is 34.6 Å². The average molecular weight is 373 g/mol. The molecule has 0 aliphatic heterocycles. The van der Waals surface area contributed by atoms with E-state index in [-0.39, 0.29) is 17.1 Å². The summed E-state index contributed by atoms with van der Waals surface area (Å²) in [5.41, 5.74) is -0.0222. The molecular formula is C19H19NO7. The first kappa shape index (κ1) is 19.9. The molecule has 0 aromatic heterocycles. The lowest BCUT2D eigenvalue weighted by Crippen LogP contribution is -2.24. The van der Waals surface area contributed by atoms with Crippen LogP contribution in [0.3, 0.4) is 0 Å². The number of methoxy groups -OCH3 is 1. The number of nitro groups is 1. The SMILES string of the molecule is CCOc1ccc(C(=O)[C@H](C)Oc2ccc(C(=O)OC)cc2[N+](=O)[O-])cc1. The van der Waals surface area contributed by atoms with Crippen LogP contribution in [0.5, 0.6) is 11.5 Å². The summed E-state index contributed by atoms with van der Waals surface area (Å²) in [5.74, 6) is -0.524. The fourth-order valence-electron chi connectivity index (χ4n) is 2.37. The van der Waals surface area contributed by atoms with Gasteiger partial charge in [-0.1, -0.05) is 0 Å². The highest BCUT2D eigenvalue weighted by Gasteiger charge is 2.24. The number of carbonyl (C=O) groups is 2. The summed E-state index contributed by atoms with van der Waals surface area (Å²) in [4.78, 5) is 34.6. The van der Waals surface area contributed by atoms with E-state index in [2.05, 4.69) is 4.74 Å². The molecule has 0 heterocycles. The van der Waals surface area contributed by atoms with Crippen LogP contribution in [0.4, 0.5) is 5.69 Å². The van der Waals surface area contributed by atoms with Crippen molar-refractivity contribution in [1.29, 1.82) is 0 Å². The summed E-state index contributed by atoms with van der Waals surface area (Å²) in [6, 6.07) is 10.2. The van der Waals surface area contributed by atoms with E-state index in [9.17, 15) is 19.7 Å². The first-order valence-corrected chi connectivity index (χ1v) is 8.17. The second-order valence-electron chi connectivity index (χ2n) is 5.51. The first-order valence-electron chi connectivity index (χ1n) is 8.17. The van der Waals surface area contributed by atoms with Gasteiger partial charge >= 0.3 is 11.7 Å². The Morgan fingerprint density at radius 1 is 1.11 bits per heavy atom. The number of nitro benzene ring substituents is 1. The number of ether oxygens (including phenoxy) is 3. The minimum Gasteiger partial charge on any atom is -0.494 e. The summed E-state index contributed by atoms with van der Waals surface area (Å²) in [6.45, 7) is 3.86. The Morgan fingerprint density at radius 3 is 2.30 bits per heavy atom. The highest BCUT2D eigenvalue weighted by Crippen LogP contribution is 2.29. The molecule has 0 saturated heterocycles. The Morgan fingerprint density at radius 2 is 1.74 bits per heavy atom. The standard InChI is InChI=1S/C19H19NO7/c1-4-26-15-8-5-13(6-9-15)18(21)12(2)27-17-10-7-14(19(22)25-3)11-16(17)20(23)24/h5-12H,4H2,1-3H3/t12-/m0/s1. The molecule has 0 unspecified atom stereocenters. The van der Waals surface area contributed by atoms with E-state index in [1.54, 1.807) is 24.3 Å². The number of ketones is 1. The van der Waals surface area contributed by atoms with Crippen molar-refractivity contribution < 1.29 is 28.7 Å². The molecule has 142 valence electrons. The molecular weight excluding hydrogens is 354 g/mol. The van der Waals surface area contributed by atoms with Gasteiger partial charge in [0.1, 0.15) is 5.75 Å². The molecule has 0 bridgehead atoms. The van der Waals surface area contributed by atoms with Crippen molar-refractivity contribution in [3.63, 3.8) is 0 Å². The maximum atomic E-state index is 12.5. The van der Waals surface area contributed by atoms with Crippen LogP contribution in [0.25, 0.3) is 0 Å². The Balaban J connectivity index is 2.20. The van der Waals surface area contributed by atoms with Crippen molar-refractivity contribution in [1.82, 2.24) is 0 Å².